The van der Waals surface area contributed by atoms with Gasteiger partial charge in [0.15, 0.2) is 0 Å². The number of hydrogen-bond acceptors (Lipinski definition) is 5. The number of thioether (sulfide) groups is 1. The first-order chi connectivity index (χ1) is 11.2. The first-order valence-electron chi connectivity index (χ1n) is 7.51. The second-order valence-electron chi connectivity index (χ2n) is 5.34. The molecule has 1 amide bonds. The van der Waals surface area contributed by atoms with Gasteiger partial charge in [-0.15, -0.1) is 11.8 Å². The average molecular weight is 330 g/mol. The molecule has 6 nitrogen and oxygen atoms in total. The normalized spacial score (nSPS) is 16.8. The Morgan fingerprint density at radius 1 is 1.43 bits per heavy atom. The van der Waals surface area contributed by atoms with Crippen LogP contribution in [-0.4, -0.2) is 34.2 Å². The van der Waals surface area contributed by atoms with Gasteiger partial charge in [0.25, 0.3) is 5.56 Å². The largest absolute Gasteiger partial charge is 0.325 e. The van der Waals surface area contributed by atoms with Gasteiger partial charge in [0, 0.05) is 10.9 Å². The number of allylic oxidation sites excluding steroid dienone is 1. The van der Waals surface area contributed by atoms with Crippen LogP contribution in [0.25, 0.3) is 10.9 Å². The third kappa shape index (κ3) is 4.20. The van der Waals surface area contributed by atoms with Crippen LogP contribution in [0.4, 0.5) is 5.69 Å². The number of aromatic nitrogens is 2. The summed E-state index contributed by atoms with van der Waals surface area (Å²) in [5, 5.41) is 9.24. The Hall–Kier alpha value is -2.12. The molecule has 3 N–H and O–H groups in total. The van der Waals surface area contributed by atoms with Crippen LogP contribution in [0.15, 0.2) is 40.8 Å². The molecule has 1 aromatic carbocycles. The lowest BCUT2D eigenvalue weighted by Crippen LogP contribution is -2.29. The minimum Gasteiger partial charge on any atom is -0.325 e. The molecule has 0 radical (unpaired) electrons. The Kier molecular flexibility index (Phi) is 5.09. The molecule has 1 aliphatic heterocycles. The minimum absolute atomic E-state index is 0.105. The number of H-pyrrole nitrogens is 1. The molecule has 120 valence electrons. The maximum atomic E-state index is 11.9. The Morgan fingerprint density at radius 2 is 2.35 bits per heavy atom. The van der Waals surface area contributed by atoms with Crippen molar-refractivity contribution in [2.75, 3.05) is 18.4 Å². The van der Waals surface area contributed by atoms with E-state index in [1.165, 1.54) is 6.33 Å². The van der Waals surface area contributed by atoms with Gasteiger partial charge in [0.2, 0.25) is 5.91 Å². The Morgan fingerprint density at radius 3 is 3.17 bits per heavy atom. The second kappa shape index (κ2) is 7.43. The molecule has 2 aromatic rings. The lowest BCUT2D eigenvalue weighted by Gasteiger charge is -2.10. The van der Waals surface area contributed by atoms with Crippen LogP contribution in [0.2, 0.25) is 0 Å². The van der Waals surface area contributed by atoms with Crippen molar-refractivity contribution in [2.45, 2.75) is 18.1 Å². The van der Waals surface area contributed by atoms with Gasteiger partial charge in [-0.25, -0.2) is 4.98 Å². The van der Waals surface area contributed by atoms with Crippen molar-refractivity contribution >= 4 is 34.3 Å². The highest BCUT2D eigenvalue weighted by atomic mass is 32.2. The van der Waals surface area contributed by atoms with E-state index >= 15 is 0 Å². The summed E-state index contributed by atoms with van der Waals surface area (Å²) in [6.45, 7) is 1.09. The van der Waals surface area contributed by atoms with E-state index < -0.39 is 0 Å². The van der Waals surface area contributed by atoms with Crippen LogP contribution in [0.1, 0.15) is 12.8 Å². The van der Waals surface area contributed by atoms with Gasteiger partial charge in [-0.1, -0.05) is 6.08 Å². The first-order valence-corrected chi connectivity index (χ1v) is 8.45. The molecule has 0 bridgehead atoms. The van der Waals surface area contributed by atoms with Gasteiger partial charge >= 0.3 is 0 Å². The zero-order valence-electron chi connectivity index (χ0n) is 12.5. The molecule has 0 aliphatic carbocycles. The summed E-state index contributed by atoms with van der Waals surface area (Å²) in [4.78, 5) is 30.1. The van der Waals surface area contributed by atoms with Crippen LogP contribution >= 0.6 is 11.8 Å². The van der Waals surface area contributed by atoms with E-state index in [2.05, 4.69) is 32.1 Å². The van der Waals surface area contributed by atoms with Gasteiger partial charge < -0.3 is 15.6 Å². The third-order valence-electron chi connectivity index (χ3n) is 3.62. The number of carbonyl (C=O) groups is 1. The highest BCUT2D eigenvalue weighted by Crippen LogP contribution is 2.25. The summed E-state index contributed by atoms with van der Waals surface area (Å²) in [6, 6.07) is 5.07. The number of nitrogens with zero attached hydrogens (tertiary/aromatic N) is 1. The van der Waals surface area contributed by atoms with Crippen molar-refractivity contribution in [1.29, 1.82) is 0 Å². The van der Waals surface area contributed by atoms with Crippen LogP contribution < -0.4 is 16.2 Å². The van der Waals surface area contributed by atoms with Crippen molar-refractivity contribution in [3.05, 3.63) is 46.4 Å². The summed E-state index contributed by atoms with van der Waals surface area (Å²) in [7, 11) is 0. The van der Waals surface area contributed by atoms with Gasteiger partial charge in [0.05, 0.1) is 23.8 Å². The third-order valence-corrected chi connectivity index (χ3v) is 4.78. The smallest absolute Gasteiger partial charge is 0.258 e. The molecule has 0 saturated carbocycles. The molecule has 0 spiro atoms. The van der Waals surface area contributed by atoms with Gasteiger partial charge in [-0.3, -0.25) is 9.59 Å². The van der Waals surface area contributed by atoms with E-state index in [1.54, 1.807) is 18.2 Å². The second-order valence-corrected chi connectivity index (χ2v) is 6.55. The number of nitrogens with one attached hydrogen (secondary N) is 3. The number of benzene rings is 1. The molecule has 0 saturated heterocycles. The minimum atomic E-state index is -0.186. The van der Waals surface area contributed by atoms with Crippen molar-refractivity contribution in [3.8, 4) is 0 Å². The highest BCUT2D eigenvalue weighted by molar-refractivity contribution is 8.03. The first kappa shape index (κ1) is 15.8. The Labute approximate surface area is 137 Å². The number of aromatic amines is 1. The predicted octanol–water partition coefficient (Wildman–Crippen LogP) is 1.86. The van der Waals surface area contributed by atoms with Crippen molar-refractivity contribution in [1.82, 2.24) is 15.3 Å². The summed E-state index contributed by atoms with van der Waals surface area (Å²) in [6.07, 6.45) is 5.70. The molecule has 1 aliphatic rings. The number of amides is 1. The molecule has 0 fully saturated rings. The molecule has 3 rings (SSSR count). The Balaban J connectivity index is 1.48. The van der Waals surface area contributed by atoms with Gasteiger partial charge in [0.1, 0.15) is 0 Å². The van der Waals surface area contributed by atoms with Crippen LogP contribution in [0.3, 0.4) is 0 Å². The molecule has 1 atom stereocenters. The molecule has 1 unspecified atom stereocenters. The van der Waals surface area contributed by atoms with Crippen molar-refractivity contribution in [3.63, 3.8) is 0 Å². The van der Waals surface area contributed by atoms with Gasteiger partial charge in [-0.05, 0) is 43.0 Å². The van der Waals surface area contributed by atoms with Crippen LogP contribution in [0, 0.1) is 0 Å². The SMILES string of the molecule is O=C(CNCCC1CC=CS1)Nc1ccc2c(=O)[nH]cnc2c1. The van der Waals surface area contributed by atoms with Gasteiger partial charge in [-0.2, -0.15) is 0 Å². The number of anilines is 1. The van der Waals surface area contributed by atoms with E-state index in [-0.39, 0.29) is 18.0 Å². The maximum Gasteiger partial charge on any atom is 0.258 e. The number of carbonyl (C=O) groups excluding carboxylic acids is 1. The fraction of sp³-hybridized carbons (Fsp3) is 0.312. The standard InChI is InChI=1S/C16H18N4O2S/c21-15(9-17-6-5-12-2-1-7-23-12)20-11-3-4-13-14(8-11)18-10-19-16(13)22/h1,3-4,7-8,10,12,17H,2,5-6,9H2,(H,20,21)(H,18,19,22). The zero-order chi connectivity index (χ0) is 16.1. The molecule has 2 heterocycles. The topological polar surface area (TPSA) is 86.9 Å². The molecule has 23 heavy (non-hydrogen) atoms. The zero-order valence-corrected chi connectivity index (χ0v) is 13.4. The molecular weight excluding hydrogens is 312 g/mol. The monoisotopic (exact) mass is 330 g/mol. The summed E-state index contributed by atoms with van der Waals surface area (Å²) in [5.41, 5.74) is 1.01. The lowest BCUT2D eigenvalue weighted by molar-refractivity contribution is -0.115. The quantitative estimate of drug-likeness (QED) is 0.704. The number of rotatable bonds is 6. The summed E-state index contributed by atoms with van der Waals surface area (Å²) in [5.74, 6) is -0.105. The Bertz CT molecular complexity index is 779. The number of fused-ring (bicyclic) bond motifs is 1. The fourth-order valence-corrected chi connectivity index (χ4v) is 3.35. The maximum absolute atomic E-state index is 11.9. The van der Waals surface area contributed by atoms with Crippen molar-refractivity contribution < 1.29 is 4.79 Å². The van der Waals surface area contributed by atoms with E-state index in [4.69, 9.17) is 0 Å². The van der Waals surface area contributed by atoms with E-state index in [0.29, 0.717) is 21.8 Å². The van der Waals surface area contributed by atoms with Crippen LogP contribution in [0.5, 0.6) is 0 Å². The highest BCUT2D eigenvalue weighted by Gasteiger charge is 2.10. The summed E-state index contributed by atoms with van der Waals surface area (Å²) < 4.78 is 0. The summed E-state index contributed by atoms with van der Waals surface area (Å²) >= 11 is 1.85. The predicted molar refractivity (Wildman–Crippen MR) is 93.6 cm³/mol. The van der Waals surface area contributed by atoms with E-state index in [9.17, 15) is 9.59 Å². The molecule has 7 heteroatoms. The van der Waals surface area contributed by atoms with Crippen molar-refractivity contribution in [2.24, 2.45) is 0 Å². The number of hydrogen-bond donors (Lipinski definition) is 3. The molecule has 1 aromatic heterocycles. The van der Waals surface area contributed by atoms with E-state index in [1.807, 2.05) is 11.8 Å². The molecular formula is C16H18N4O2S. The lowest BCUT2D eigenvalue weighted by atomic mass is 10.2. The van der Waals surface area contributed by atoms with E-state index in [0.717, 1.165) is 19.4 Å². The van der Waals surface area contributed by atoms with Crippen LogP contribution in [-0.2, 0) is 4.79 Å². The fourth-order valence-electron chi connectivity index (χ4n) is 2.43. The average Bonchev–Trinajstić information content (AvgIpc) is 3.05.